The number of amides is 1. The zero-order valence-electron chi connectivity index (χ0n) is 16.0. The van der Waals surface area contributed by atoms with E-state index >= 15 is 0 Å². The minimum absolute atomic E-state index is 0.173. The van der Waals surface area contributed by atoms with Gasteiger partial charge in [-0.3, -0.25) is 14.7 Å². The molecular weight excluding hydrogens is 340 g/mol. The van der Waals surface area contributed by atoms with Crippen LogP contribution in [0.15, 0.2) is 24.5 Å². The van der Waals surface area contributed by atoms with Gasteiger partial charge < -0.3 is 9.47 Å². The Labute approximate surface area is 160 Å². The van der Waals surface area contributed by atoms with Gasteiger partial charge in [0.1, 0.15) is 11.6 Å². The Kier molecular flexibility index (Phi) is 5.48. The van der Waals surface area contributed by atoms with E-state index in [2.05, 4.69) is 31.7 Å². The average Bonchev–Trinajstić information content (AvgIpc) is 3.33. The van der Waals surface area contributed by atoms with Gasteiger partial charge in [-0.15, -0.1) is 10.2 Å². The Balaban J connectivity index is 1.40. The first-order valence-electron chi connectivity index (χ1n) is 9.98. The zero-order chi connectivity index (χ0) is 18.6. The number of aromatic nitrogens is 4. The molecule has 0 bridgehead atoms. The predicted molar refractivity (Wildman–Crippen MR) is 102 cm³/mol. The van der Waals surface area contributed by atoms with E-state index in [0.29, 0.717) is 6.42 Å². The first kappa shape index (κ1) is 18.1. The third-order valence-corrected chi connectivity index (χ3v) is 5.78. The summed E-state index contributed by atoms with van der Waals surface area (Å²) in [5.74, 6) is 2.49. The Morgan fingerprint density at radius 1 is 1.19 bits per heavy atom. The van der Waals surface area contributed by atoms with Crippen molar-refractivity contribution in [2.24, 2.45) is 7.05 Å². The molecule has 0 N–H and O–H groups in total. The smallest absolute Gasteiger partial charge is 0.227 e. The first-order valence-corrected chi connectivity index (χ1v) is 9.98. The number of hydrogen-bond donors (Lipinski definition) is 0. The zero-order valence-corrected chi connectivity index (χ0v) is 16.0. The number of pyridine rings is 1. The second kappa shape index (κ2) is 8.17. The highest BCUT2D eigenvalue weighted by atomic mass is 16.2. The van der Waals surface area contributed by atoms with Crippen LogP contribution in [0, 0.1) is 0 Å². The second-order valence-corrected chi connectivity index (χ2v) is 7.73. The summed E-state index contributed by atoms with van der Waals surface area (Å²) in [4.78, 5) is 21.2. The van der Waals surface area contributed by atoms with Crippen LogP contribution in [0.25, 0.3) is 0 Å². The molecule has 2 saturated heterocycles. The molecule has 0 aromatic carbocycles. The van der Waals surface area contributed by atoms with Crippen molar-refractivity contribution in [3.8, 4) is 0 Å². The highest BCUT2D eigenvalue weighted by Crippen LogP contribution is 2.26. The molecule has 7 nitrogen and oxygen atoms in total. The maximum Gasteiger partial charge on any atom is 0.227 e. The summed E-state index contributed by atoms with van der Waals surface area (Å²) in [6.45, 7) is 4.74. The molecule has 2 aliphatic rings. The highest BCUT2D eigenvalue weighted by Gasteiger charge is 2.28. The van der Waals surface area contributed by atoms with Gasteiger partial charge in [0.05, 0.1) is 13.0 Å². The van der Waals surface area contributed by atoms with E-state index < -0.39 is 0 Å². The van der Waals surface area contributed by atoms with Crippen molar-refractivity contribution < 1.29 is 4.79 Å². The van der Waals surface area contributed by atoms with Gasteiger partial charge in [-0.05, 0) is 50.4 Å². The molecule has 0 aliphatic carbocycles. The average molecular weight is 368 g/mol. The fourth-order valence-corrected chi connectivity index (χ4v) is 4.21. The summed E-state index contributed by atoms with van der Waals surface area (Å²) in [6, 6.07) is 3.84. The maximum absolute atomic E-state index is 12.7. The molecule has 2 aliphatic heterocycles. The molecule has 4 rings (SSSR count). The predicted octanol–water partition coefficient (Wildman–Crippen LogP) is 1.75. The molecule has 1 amide bonds. The van der Waals surface area contributed by atoms with Crippen LogP contribution in [0.2, 0.25) is 0 Å². The third-order valence-electron chi connectivity index (χ3n) is 5.78. The van der Waals surface area contributed by atoms with Crippen LogP contribution < -0.4 is 0 Å². The number of carbonyl (C=O) groups excluding carboxylic acids is 1. The van der Waals surface area contributed by atoms with E-state index in [1.165, 1.54) is 12.8 Å². The molecule has 0 unspecified atom stereocenters. The minimum atomic E-state index is 0.173. The van der Waals surface area contributed by atoms with Gasteiger partial charge in [-0.1, -0.05) is 6.07 Å². The molecule has 0 saturated carbocycles. The number of piperidine rings is 1. The number of hydrogen-bond acceptors (Lipinski definition) is 5. The molecule has 1 atom stereocenters. The Morgan fingerprint density at radius 3 is 2.81 bits per heavy atom. The SMILES string of the molecule is Cn1c(CN2CCCC2)nnc1[C@@H]1CCCN(C(=O)Cc2cccnc2)C1. The Morgan fingerprint density at radius 2 is 2.04 bits per heavy atom. The summed E-state index contributed by atoms with van der Waals surface area (Å²) < 4.78 is 2.15. The van der Waals surface area contributed by atoms with Crippen LogP contribution in [-0.4, -0.2) is 61.6 Å². The number of carbonyl (C=O) groups is 1. The molecule has 4 heterocycles. The Bertz CT molecular complexity index is 768. The van der Waals surface area contributed by atoms with Gasteiger partial charge in [0.2, 0.25) is 5.91 Å². The lowest BCUT2D eigenvalue weighted by molar-refractivity contribution is -0.131. The van der Waals surface area contributed by atoms with Gasteiger partial charge in [0.25, 0.3) is 0 Å². The topological polar surface area (TPSA) is 67.2 Å². The third kappa shape index (κ3) is 4.18. The van der Waals surface area contributed by atoms with E-state index in [-0.39, 0.29) is 11.8 Å². The van der Waals surface area contributed by atoms with E-state index in [4.69, 9.17) is 0 Å². The monoisotopic (exact) mass is 368 g/mol. The first-order chi connectivity index (χ1) is 13.2. The molecule has 0 radical (unpaired) electrons. The van der Waals surface area contributed by atoms with E-state index in [1.54, 1.807) is 12.4 Å². The van der Waals surface area contributed by atoms with Crippen molar-refractivity contribution in [3.05, 3.63) is 41.7 Å². The van der Waals surface area contributed by atoms with Crippen molar-refractivity contribution in [2.75, 3.05) is 26.2 Å². The van der Waals surface area contributed by atoms with Crippen LogP contribution in [0.1, 0.15) is 48.8 Å². The lowest BCUT2D eigenvalue weighted by Crippen LogP contribution is -2.40. The standard InChI is InChI=1S/C20H28N6O/c1-24-18(15-25-9-2-3-10-25)22-23-20(24)17-7-5-11-26(14-17)19(27)12-16-6-4-8-21-13-16/h4,6,8,13,17H,2-3,5,7,9-12,14-15H2,1H3/t17-/m1/s1. The lowest BCUT2D eigenvalue weighted by atomic mass is 9.96. The van der Waals surface area contributed by atoms with Gasteiger partial charge in [-0.25, -0.2) is 0 Å². The van der Waals surface area contributed by atoms with E-state index in [1.807, 2.05) is 17.0 Å². The van der Waals surface area contributed by atoms with E-state index in [0.717, 1.165) is 62.8 Å². The fraction of sp³-hybridized carbons (Fsp3) is 0.600. The van der Waals surface area contributed by atoms with Crippen LogP contribution in [0.3, 0.4) is 0 Å². The number of likely N-dealkylation sites (tertiary alicyclic amines) is 2. The summed E-state index contributed by atoms with van der Waals surface area (Å²) in [6.07, 6.45) is 8.55. The lowest BCUT2D eigenvalue weighted by Gasteiger charge is -2.32. The van der Waals surface area contributed by atoms with Crippen molar-refractivity contribution in [1.82, 2.24) is 29.5 Å². The molecule has 7 heteroatoms. The van der Waals surface area contributed by atoms with Crippen LogP contribution in [0.4, 0.5) is 0 Å². The maximum atomic E-state index is 12.7. The molecule has 144 valence electrons. The van der Waals surface area contributed by atoms with Crippen molar-refractivity contribution in [1.29, 1.82) is 0 Å². The molecule has 2 fully saturated rings. The molecule has 0 spiro atoms. The Hall–Kier alpha value is -2.28. The van der Waals surface area contributed by atoms with Crippen LogP contribution in [0.5, 0.6) is 0 Å². The second-order valence-electron chi connectivity index (χ2n) is 7.73. The van der Waals surface area contributed by atoms with Crippen LogP contribution in [-0.2, 0) is 24.8 Å². The van der Waals surface area contributed by atoms with Crippen molar-refractivity contribution in [2.45, 2.75) is 44.6 Å². The summed E-state index contributed by atoms with van der Waals surface area (Å²) >= 11 is 0. The summed E-state index contributed by atoms with van der Waals surface area (Å²) in [7, 11) is 2.07. The highest BCUT2D eigenvalue weighted by molar-refractivity contribution is 5.78. The summed E-state index contributed by atoms with van der Waals surface area (Å²) in [5.41, 5.74) is 0.969. The van der Waals surface area contributed by atoms with Crippen molar-refractivity contribution in [3.63, 3.8) is 0 Å². The normalized spacial score (nSPS) is 20.9. The molecule has 27 heavy (non-hydrogen) atoms. The van der Waals surface area contributed by atoms with Gasteiger partial charge >= 0.3 is 0 Å². The largest absolute Gasteiger partial charge is 0.342 e. The molecule has 2 aromatic rings. The summed E-state index contributed by atoms with van der Waals surface area (Å²) in [5, 5.41) is 8.95. The minimum Gasteiger partial charge on any atom is -0.342 e. The molecule has 2 aromatic heterocycles. The quantitative estimate of drug-likeness (QED) is 0.804. The van der Waals surface area contributed by atoms with E-state index in [9.17, 15) is 4.79 Å². The van der Waals surface area contributed by atoms with Gasteiger partial charge in [-0.2, -0.15) is 0 Å². The van der Waals surface area contributed by atoms with Crippen LogP contribution >= 0.6 is 0 Å². The van der Waals surface area contributed by atoms with Gasteiger partial charge in [0.15, 0.2) is 0 Å². The molecular formula is C20H28N6O. The van der Waals surface area contributed by atoms with Gasteiger partial charge in [0, 0.05) is 38.4 Å². The number of nitrogens with zero attached hydrogens (tertiary/aromatic N) is 6. The van der Waals surface area contributed by atoms with Crippen molar-refractivity contribution >= 4 is 5.91 Å². The number of rotatable bonds is 5. The fourth-order valence-electron chi connectivity index (χ4n) is 4.21.